The minimum atomic E-state index is -0.222. The number of nitrogens with one attached hydrogen (secondary N) is 1. The molecule has 2 rings (SSSR count). The van der Waals surface area contributed by atoms with E-state index in [1.165, 1.54) is 38.1 Å². The number of piperidine rings is 1. The molecule has 0 bridgehead atoms. The number of rotatable bonds is 6. The van der Waals surface area contributed by atoms with Crippen molar-refractivity contribution in [2.45, 2.75) is 25.3 Å². The quantitative estimate of drug-likeness (QED) is 0.806. The predicted molar refractivity (Wildman–Crippen MR) is 89.5 cm³/mol. The molecule has 122 valence electrons. The van der Waals surface area contributed by atoms with Crippen LogP contribution in [0.4, 0.5) is 4.39 Å². The zero-order valence-electron chi connectivity index (χ0n) is 12.4. The van der Waals surface area contributed by atoms with Crippen LogP contribution in [0.3, 0.4) is 0 Å². The van der Waals surface area contributed by atoms with Gasteiger partial charge in [0.25, 0.3) is 0 Å². The third kappa shape index (κ3) is 7.32. The summed E-state index contributed by atoms with van der Waals surface area (Å²) in [5.74, 6) is 0.523. The highest BCUT2D eigenvalue weighted by Crippen LogP contribution is 2.12. The molecule has 1 aromatic carbocycles. The van der Waals surface area contributed by atoms with Gasteiger partial charge in [-0.25, -0.2) is 4.39 Å². The smallest absolute Gasteiger partial charge is 0.123 e. The fourth-order valence-electron chi connectivity index (χ4n) is 2.45. The standard InChI is InChI=1S/C15H23FN2O.2ClH/c1-17-14-7-10-18(11-8-14)9-2-12-19-15-5-3-13(16)4-6-15;;/h3-6,14,17H,2,7-12H2,1H3;2*1H. The van der Waals surface area contributed by atoms with Gasteiger partial charge in [0.1, 0.15) is 11.6 Å². The normalized spacial score (nSPS) is 15.9. The third-order valence-corrected chi connectivity index (χ3v) is 3.70. The summed E-state index contributed by atoms with van der Waals surface area (Å²) in [5.41, 5.74) is 0. The molecule has 1 N–H and O–H groups in total. The Labute approximate surface area is 139 Å². The maximum absolute atomic E-state index is 12.7. The Morgan fingerprint density at radius 1 is 1.19 bits per heavy atom. The number of ether oxygens (including phenoxy) is 1. The van der Waals surface area contributed by atoms with Gasteiger partial charge in [0.15, 0.2) is 0 Å². The van der Waals surface area contributed by atoms with Crippen LogP contribution in [-0.4, -0.2) is 44.2 Å². The number of likely N-dealkylation sites (tertiary alicyclic amines) is 1. The lowest BCUT2D eigenvalue weighted by molar-refractivity contribution is 0.185. The minimum absolute atomic E-state index is 0. The molecule has 6 heteroatoms. The van der Waals surface area contributed by atoms with Crippen LogP contribution < -0.4 is 10.1 Å². The summed E-state index contributed by atoms with van der Waals surface area (Å²) >= 11 is 0. The summed E-state index contributed by atoms with van der Waals surface area (Å²) in [5, 5.41) is 3.34. The Hall–Kier alpha value is -0.550. The Kier molecular flexibility index (Phi) is 10.8. The monoisotopic (exact) mass is 338 g/mol. The second-order valence-corrected chi connectivity index (χ2v) is 5.06. The highest BCUT2D eigenvalue weighted by Gasteiger charge is 2.16. The largest absolute Gasteiger partial charge is 0.494 e. The van der Waals surface area contributed by atoms with Crippen LogP contribution in [0.2, 0.25) is 0 Å². The average Bonchev–Trinajstić information content (AvgIpc) is 2.46. The molecule has 1 fully saturated rings. The molecule has 1 heterocycles. The van der Waals surface area contributed by atoms with Crippen molar-refractivity contribution >= 4 is 24.8 Å². The first-order valence-electron chi connectivity index (χ1n) is 7.06. The molecule has 1 aromatic rings. The van der Waals surface area contributed by atoms with Gasteiger partial charge in [-0.05, 0) is 63.7 Å². The third-order valence-electron chi connectivity index (χ3n) is 3.70. The van der Waals surface area contributed by atoms with Crippen LogP contribution >= 0.6 is 24.8 Å². The van der Waals surface area contributed by atoms with Crippen LogP contribution in [0.25, 0.3) is 0 Å². The number of hydrogen-bond acceptors (Lipinski definition) is 3. The Bertz CT molecular complexity index is 370. The van der Waals surface area contributed by atoms with Crippen molar-refractivity contribution in [3.63, 3.8) is 0 Å². The van der Waals surface area contributed by atoms with E-state index in [1.807, 2.05) is 7.05 Å². The molecule has 0 atom stereocenters. The van der Waals surface area contributed by atoms with E-state index in [0.717, 1.165) is 18.7 Å². The minimum Gasteiger partial charge on any atom is -0.494 e. The molecule has 1 aliphatic rings. The molecular formula is C15H25Cl2FN2O. The van der Waals surface area contributed by atoms with Crippen molar-refractivity contribution in [3.05, 3.63) is 30.1 Å². The van der Waals surface area contributed by atoms with E-state index in [-0.39, 0.29) is 30.6 Å². The molecule has 1 saturated heterocycles. The molecule has 3 nitrogen and oxygen atoms in total. The lowest BCUT2D eigenvalue weighted by Crippen LogP contribution is -2.41. The second-order valence-electron chi connectivity index (χ2n) is 5.06. The maximum atomic E-state index is 12.7. The summed E-state index contributed by atoms with van der Waals surface area (Å²) in [6.07, 6.45) is 3.48. The molecule has 21 heavy (non-hydrogen) atoms. The fraction of sp³-hybridized carbons (Fsp3) is 0.600. The topological polar surface area (TPSA) is 24.5 Å². The first-order chi connectivity index (χ1) is 9.28. The van der Waals surface area contributed by atoms with Crippen molar-refractivity contribution in [2.24, 2.45) is 0 Å². The van der Waals surface area contributed by atoms with Crippen molar-refractivity contribution in [1.29, 1.82) is 0 Å². The van der Waals surface area contributed by atoms with Gasteiger partial charge in [-0.3, -0.25) is 0 Å². The zero-order chi connectivity index (χ0) is 13.5. The Morgan fingerprint density at radius 2 is 1.81 bits per heavy atom. The summed E-state index contributed by atoms with van der Waals surface area (Å²) < 4.78 is 18.3. The molecule has 0 radical (unpaired) electrons. The number of nitrogens with zero attached hydrogens (tertiary/aromatic N) is 1. The zero-order valence-corrected chi connectivity index (χ0v) is 14.0. The van der Waals surface area contributed by atoms with E-state index >= 15 is 0 Å². The van der Waals surface area contributed by atoms with Gasteiger partial charge in [0.2, 0.25) is 0 Å². The van der Waals surface area contributed by atoms with Gasteiger partial charge in [0.05, 0.1) is 6.61 Å². The van der Waals surface area contributed by atoms with E-state index in [0.29, 0.717) is 12.6 Å². The maximum Gasteiger partial charge on any atom is 0.123 e. The van der Waals surface area contributed by atoms with Gasteiger partial charge >= 0.3 is 0 Å². The van der Waals surface area contributed by atoms with E-state index in [9.17, 15) is 4.39 Å². The van der Waals surface area contributed by atoms with Crippen LogP contribution in [-0.2, 0) is 0 Å². The molecule has 1 aliphatic heterocycles. The first-order valence-corrected chi connectivity index (χ1v) is 7.06. The molecular weight excluding hydrogens is 314 g/mol. The summed E-state index contributed by atoms with van der Waals surface area (Å²) in [6.45, 7) is 4.11. The summed E-state index contributed by atoms with van der Waals surface area (Å²) in [4.78, 5) is 2.49. The van der Waals surface area contributed by atoms with Crippen LogP contribution in [0, 0.1) is 5.82 Å². The molecule has 0 spiro atoms. The SMILES string of the molecule is CNC1CCN(CCCOc2ccc(F)cc2)CC1.Cl.Cl. The van der Waals surface area contributed by atoms with Crippen molar-refractivity contribution in [2.75, 3.05) is 33.3 Å². The molecule has 0 unspecified atom stereocenters. The van der Waals surface area contributed by atoms with Crippen molar-refractivity contribution in [1.82, 2.24) is 10.2 Å². The lowest BCUT2D eigenvalue weighted by atomic mass is 10.1. The van der Waals surface area contributed by atoms with E-state index in [1.54, 1.807) is 12.1 Å². The predicted octanol–water partition coefficient (Wildman–Crippen LogP) is 3.12. The van der Waals surface area contributed by atoms with Gasteiger partial charge in [-0.15, -0.1) is 24.8 Å². The van der Waals surface area contributed by atoms with Gasteiger partial charge in [0, 0.05) is 12.6 Å². The van der Waals surface area contributed by atoms with Crippen LogP contribution in [0.15, 0.2) is 24.3 Å². The van der Waals surface area contributed by atoms with Crippen LogP contribution in [0.5, 0.6) is 5.75 Å². The van der Waals surface area contributed by atoms with Gasteiger partial charge in [-0.1, -0.05) is 0 Å². The molecule has 0 amide bonds. The van der Waals surface area contributed by atoms with Crippen LogP contribution in [0.1, 0.15) is 19.3 Å². The number of benzene rings is 1. The van der Waals surface area contributed by atoms with Gasteiger partial charge < -0.3 is 15.0 Å². The Morgan fingerprint density at radius 3 is 2.38 bits per heavy atom. The lowest BCUT2D eigenvalue weighted by Gasteiger charge is -2.31. The van der Waals surface area contributed by atoms with E-state index in [4.69, 9.17) is 4.74 Å². The highest BCUT2D eigenvalue weighted by atomic mass is 35.5. The first kappa shape index (κ1) is 20.5. The number of halogens is 3. The molecule has 0 aliphatic carbocycles. The molecule has 0 aromatic heterocycles. The van der Waals surface area contributed by atoms with Gasteiger partial charge in [-0.2, -0.15) is 0 Å². The van der Waals surface area contributed by atoms with Crippen molar-refractivity contribution in [3.8, 4) is 5.75 Å². The number of hydrogen-bond donors (Lipinski definition) is 1. The van der Waals surface area contributed by atoms with E-state index < -0.39 is 0 Å². The summed E-state index contributed by atoms with van der Waals surface area (Å²) in [6, 6.07) is 6.89. The fourth-order valence-corrected chi connectivity index (χ4v) is 2.45. The second kappa shape index (κ2) is 11.1. The van der Waals surface area contributed by atoms with Crippen molar-refractivity contribution < 1.29 is 9.13 Å². The average molecular weight is 339 g/mol. The Balaban J connectivity index is 0.00000200. The van der Waals surface area contributed by atoms with E-state index in [2.05, 4.69) is 10.2 Å². The summed E-state index contributed by atoms with van der Waals surface area (Å²) in [7, 11) is 2.04. The highest BCUT2D eigenvalue weighted by molar-refractivity contribution is 5.85. The molecule has 0 saturated carbocycles.